The summed E-state index contributed by atoms with van der Waals surface area (Å²) < 4.78 is 15.3. The molecule has 1 saturated heterocycles. The number of amides is 2. The van der Waals surface area contributed by atoms with Crippen LogP contribution in [0.15, 0.2) is 53.4 Å². The van der Waals surface area contributed by atoms with Crippen molar-refractivity contribution < 1.29 is 14.0 Å². The van der Waals surface area contributed by atoms with Gasteiger partial charge in [0, 0.05) is 17.1 Å². The second-order valence-corrected chi connectivity index (χ2v) is 8.90. The molecule has 2 amide bonds. The molecule has 6 heteroatoms. The third kappa shape index (κ3) is 4.21. The highest BCUT2D eigenvalue weighted by Crippen LogP contribution is 2.34. The molecular weight excluding hydrogens is 411 g/mol. The van der Waals surface area contributed by atoms with Gasteiger partial charge in [0.15, 0.2) is 0 Å². The van der Waals surface area contributed by atoms with Crippen LogP contribution in [-0.4, -0.2) is 20.6 Å². The fourth-order valence-corrected chi connectivity index (χ4v) is 4.79. The zero-order valence-electron chi connectivity index (χ0n) is 17.9. The van der Waals surface area contributed by atoms with Gasteiger partial charge in [0.2, 0.25) is 0 Å². The van der Waals surface area contributed by atoms with Crippen molar-refractivity contribution in [2.24, 2.45) is 0 Å². The summed E-state index contributed by atoms with van der Waals surface area (Å²) in [6.45, 7) is 8.32. The molecule has 4 nitrogen and oxygen atoms in total. The van der Waals surface area contributed by atoms with Crippen LogP contribution in [0.5, 0.6) is 0 Å². The summed E-state index contributed by atoms with van der Waals surface area (Å²) in [5, 5.41) is -0.316. The average molecular weight is 435 g/mol. The van der Waals surface area contributed by atoms with Crippen molar-refractivity contribution in [3.8, 4) is 5.69 Å². The Labute approximate surface area is 185 Å². The van der Waals surface area contributed by atoms with E-state index in [-0.39, 0.29) is 23.5 Å². The minimum absolute atomic E-state index is 0.129. The van der Waals surface area contributed by atoms with Crippen molar-refractivity contribution >= 4 is 29.0 Å². The largest absolute Gasteiger partial charge is 0.318 e. The maximum Gasteiger partial charge on any atom is 0.293 e. The molecule has 1 aromatic heterocycles. The number of hydrogen-bond acceptors (Lipinski definition) is 3. The Kier molecular flexibility index (Phi) is 5.58. The highest BCUT2D eigenvalue weighted by molar-refractivity contribution is 8.18. The first-order chi connectivity index (χ1) is 14.7. The molecule has 1 aliphatic rings. The second-order valence-electron chi connectivity index (χ2n) is 7.90. The molecule has 2 heterocycles. The number of carbonyl (C=O) groups excluding carboxylic acids is 2. The molecule has 0 saturated carbocycles. The van der Waals surface area contributed by atoms with E-state index >= 15 is 0 Å². The van der Waals surface area contributed by atoms with Gasteiger partial charge in [-0.1, -0.05) is 18.2 Å². The number of hydrogen-bond donors (Lipinski definition) is 0. The van der Waals surface area contributed by atoms with Crippen molar-refractivity contribution in [2.75, 3.05) is 0 Å². The van der Waals surface area contributed by atoms with Gasteiger partial charge in [-0.3, -0.25) is 14.5 Å². The van der Waals surface area contributed by atoms with Crippen molar-refractivity contribution in [1.82, 2.24) is 9.47 Å². The molecule has 0 radical (unpaired) electrons. The Morgan fingerprint density at radius 2 is 1.58 bits per heavy atom. The molecular formula is C25H23FN2O2S. The molecule has 0 unspecified atom stereocenters. The van der Waals surface area contributed by atoms with Crippen LogP contribution in [0.3, 0.4) is 0 Å². The maximum atomic E-state index is 13.1. The number of aromatic nitrogens is 1. The first-order valence-corrected chi connectivity index (χ1v) is 10.8. The lowest BCUT2D eigenvalue weighted by Crippen LogP contribution is -2.27. The van der Waals surface area contributed by atoms with Crippen molar-refractivity contribution in [3.05, 3.63) is 92.9 Å². The second kappa shape index (κ2) is 8.19. The number of carbonyl (C=O) groups is 2. The van der Waals surface area contributed by atoms with Crippen LogP contribution in [-0.2, 0) is 11.3 Å². The smallest absolute Gasteiger partial charge is 0.293 e. The van der Waals surface area contributed by atoms with Gasteiger partial charge in [-0.15, -0.1) is 0 Å². The van der Waals surface area contributed by atoms with E-state index in [4.69, 9.17) is 0 Å². The molecule has 1 fully saturated rings. The highest BCUT2D eigenvalue weighted by Gasteiger charge is 2.35. The third-order valence-electron chi connectivity index (χ3n) is 5.35. The van der Waals surface area contributed by atoms with Gasteiger partial charge in [-0.25, -0.2) is 4.39 Å². The van der Waals surface area contributed by atoms with E-state index in [0.717, 1.165) is 34.4 Å². The Balaban J connectivity index is 1.64. The fraction of sp³-hybridized carbons (Fsp3) is 0.200. The summed E-state index contributed by atoms with van der Waals surface area (Å²) in [7, 11) is 0. The zero-order chi connectivity index (χ0) is 22.3. The predicted molar refractivity (Wildman–Crippen MR) is 123 cm³/mol. The van der Waals surface area contributed by atoms with Gasteiger partial charge in [0.1, 0.15) is 5.82 Å². The molecule has 1 aliphatic heterocycles. The van der Waals surface area contributed by atoms with Crippen molar-refractivity contribution in [2.45, 2.75) is 34.2 Å². The van der Waals surface area contributed by atoms with E-state index in [2.05, 4.69) is 36.6 Å². The van der Waals surface area contributed by atoms with Gasteiger partial charge in [-0.2, -0.15) is 0 Å². The van der Waals surface area contributed by atoms with Crippen LogP contribution in [0.25, 0.3) is 11.8 Å². The average Bonchev–Trinajstić information content (AvgIpc) is 3.12. The number of imide groups is 1. The summed E-state index contributed by atoms with van der Waals surface area (Å²) in [4.78, 5) is 26.9. The number of thioether (sulfide) groups is 1. The fourth-order valence-electron chi connectivity index (χ4n) is 3.96. The molecule has 4 rings (SSSR count). The van der Waals surface area contributed by atoms with Crippen LogP contribution < -0.4 is 0 Å². The van der Waals surface area contributed by atoms with Crippen LogP contribution in [0, 0.1) is 33.5 Å². The molecule has 0 N–H and O–H groups in total. The lowest BCUT2D eigenvalue weighted by Gasteiger charge is -2.12. The Bertz CT molecular complexity index is 1200. The SMILES string of the molecule is Cc1cc(C)cc(-n2c(C)cc(/C=C3/SC(=O)N(Cc4ccc(F)cc4)C3=O)c2C)c1. The van der Waals surface area contributed by atoms with Crippen molar-refractivity contribution in [1.29, 1.82) is 0 Å². The number of rotatable bonds is 4. The minimum atomic E-state index is -0.350. The first kappa shape index (κ1) is 21.1. The van der Waals surface area contributed by atoms with Gasteiger partial charge < -0.3 is 4.57 Å². The van der Waals surface area contributed by atoms with Gasteiger partial charge in [-0.05, 0) is 98.1 Å². The summed E-state index contributed by atoms with van der Waals surface area (Å²) in [6.07, 6.45) is 1.79. The summed E-state index contributed by atoms with van der Waals surface area (Å²) in [5.41, 5.74) is 7.13. The standard InChI is InChI=1S/C25H23FN2O2S/c1-15-9-16(2)11-22(10-15)28-17(3)12-20(18(28)4)13-23-24(29)27(25(30)31-23)14-19-5-7-21(26)8-6-19/h5-13H,14H2,1-4H3/b23-13+. The normalized spacial score (nSPS) is 15.4. The lowest BCUT2D eigenvalue weighted by atomic mass is 10.1. The van der Waals surface area contributed by atoms with E-state index in [9.17, 15) is 14.0 Å². The van der Waals surface area contributed by atoms with Crippen molar-refractivity contribution in [3.63, 3.8) is 0 Å². The summed E-state index contributed by atoms with van der Waals surface area (Å²) in [6, 6.07) is 14.2. The third-order valence-corrected chi connectivity index (χ3v) is 6.26. The Hall–Kier alpha value is -3.12. The van der Waals surface area contributed by atoms with Crippen LogP contribution in [0.1, 0.15) is 33.6 Å². The van der Waals surface area contributed by atoms with Gasteiger partial charge >= 0.3 is 0 Å². The lowest BCUT2D eigenvalue weighted by molar-refractivity contribution is -0.123. The number of nitrogens with zero attached hydrogens (tertiary/aromatic N) is 2. The number of benzene rings is 2. The minimum Gasteiger partial charge on any atom is -0.318 e. The number of aryl methyl sites for hydroxylation is 3. The van der Waals surface area contributed by atoms with E-state index in [0.29, 0.717) is 10.5 Å². The van der Waals surface area contributed by atoms with E-state index in [1.807, 2.05) is 19.9 Å². The van der Waals surface area contributed by atoms with Crippen LogP contribution in [0.4, 0.5) is 9.18 Å². The molecule has 31 heavy (non-hydrogen) atoms. The first-order valence-electron chi connectivity index (χ1n) is 10.0. The summed E-state index contributed by atoms with van der Waals surface area (Å²) in [5.74, 6) is -0.674. The molecule has 0 bridgehead atoms. The Morgan fingerprint density at radius 1 is 0.935 bits per heavy atom. The molecule has 0 spiro atoms. The van der Waals surface area contributed by atoms with E-state index in [1.54, 1.807) is 18.2 Å². The zero-order valence-corrected chi connectivity index (χ0v) is 18.7. The maximum absolute atomic E-state index is 13.1. The van der Waals surface area contributed by atoms with Crippen LogP contribution >= 0.6 is 11.8 Å². The molecule has 2 aromatic carbocycles. The van der Waals surface area contributed by atoms with Crippen LogP contribution in [0.2, 0.25) is 0 Å². The summed E-state index contributed by atoms with van der Waals surface area (Å²) >= 11 is 0.939. The van der Waals surface area contributed by atoms with E-state index in [1.165, 1.54) is 28.2 Å². The quantitative estimate of drug-likeness (QED) is 0.467. The molecule has 0 atom stereocenters. The van der Waals surface area contributed by atoms with Gasteiger partial charge in [0.25, 0.3) is 11.1 Å². The van der Waals surface area contributed by atoms with Gasteiger partial charge in [0.05, 0.1) is 11.4 Å². The molecule has 158 valence electrons. The predicted octanol–water partition coefficient (Wildman–Crippen LogP) is 6.09. The molecule has 3 aromatic rings. The number of halogens is 1. The topological polar surface area (TPSA) is 42.3 Å². The Morgan fingerprint density at radius 3 is 2.23 bits per heavy atom. The van der Waals surface area contributed by atoms with E-state index < -0.39 is 0 Å². The molecule has 0 aliphatic carbocycles. The highest BCUT2D eigenvalue weighted by atomic mass is 32.2. The monoisotopic (exact) mass is 434 g/mol.